The summed E-state index contributed by atoms with van der Waals surface area (Å²) < 4.78 is 0. The molecule has 164 valence electrons. The van der Waals surface area contributed by atoms with Crippen LogP contribution < -0.4 is 5.32 Å². The van der Waals surface area contributed by atoms with E-state index in [2.05, 4.69) is 10.3 Å². The van der Waals surface area contributed by atoms with Crippen LogP contribution in [0.15, 0.2) is 36.5 Å². The minimum atomic E-state index is -0.00800. The Labute approximate surface area is 186 Å². The fourth-order valence-electron chi connectivity index (χ4n) is 4.71. The number of likely N-dealkylation sites (tertiary alicyclic amines) is 1. The fourth-order valence-corrected chi connectivity index (χ4v) is 4.71. The van der Waals surface area contributed by atoms with Crippen LogP contribution >= 0.6 is 0 Å². The van der Waals surface area contributed by atoms with E-state index in [9.17, 15) is 9.59 Å². The summed E-state index contributed by atoms with van der Waals surface area (Å²) in [5.74, 6) is 1.68. The Kier molecular flexibility index (Phi) is 5.20. The van der Waals surface area contributed by atoms with Gasteiger partial charge >= 0.3 is 0 Å². The predicted octanol–water partition coefficient (Wildman–Crippen LogP) is 2.60. The van der Waals surface area contributed by atoms with Gasteiger partial charge in [0.15, 0.2) is 0 Å². The molecule has 2 amide bonds. The lowest BCUT2D eigenvalue weighted by Crippen LogP contribution is -2.35. The van der Waals surface area contributed by atoms with Gasteiger partial charge < -0.3 is 15.1 Å². The van der Waals surface area contributed by atoms with Crippen molar-refractivity contribution < 1.29 is 9.59 Å². The van der Waals surface area contributed by atoms with Crippen LogP contribution in [0.25, 0.3) is 10.9 Å². The number of carbonyl (C=O) groups is 2. The van der Waals surface area contributed by atoms with Gasteiger partial charge in [-0.15, -0.1) is 0 Å². The first kappa shape index (κ1) is 20.4. The zero-order valence-corrected chi connectivity index (χ0v) is 18.3. The molecule has 1 N–H and O–H groups in total. The first-order chi connectivity index (χ1) is 15.5. The first-order valence-corrected chi connectivity index (χ1v) is 11.0. The van der Waals surface area contributed by atoms with E-state index >= 15 is 0 Å². The SMILES string of the molecule is CNc1nc([C@H]2CCN(C(=O)c3cccc4cccnc34)C2)nc2c1CCN(C(C)=O)C2. The van der Waals surface area contributed by atoms with Crippen LogP contribution in [0.4, 0.5) is 5.82 Å². The largest absolute Gasteiger partial charge is 0.373 e. The number of hydrogen-bond acceptors (Lipinski definition) is 6. The van der Waals surface area contributed by atoms with Crippen LogP contribution in [-0.4, -0.2) is 63.2 Å². The lowest BCUT2D eigenvalue weighted by atomic mass is 10.0. The van der Waals surface area contributed by atoms with Gasteiger partial charge in [0.05, 0.1) is 23.3 Å². The topological polar surface area (TPSA) is 91.3 Å². The number of fused-ring (bicyclic) bond motifs is 2. The lowest BCUT2D eigenvalue weighted by Gasteiger charge is -2.29. The van der Waals surface area contributed by atoms with E-state index in [0.717, 1.165) is 46.6 Å². The zero-order chi connectivity index (χ0) is 22.2. The Bertz CT molecular complexity index is 1210. The number of nitrogens with zero attached hydrogens (tertiary/aromatic N) is 5. The van der Waals surface area contributed by atoms with Crippen molar-refractivity contribution in [1.29, 1.82) is 0 Å². The maximum Gasteiger partial charge on any atom is 0.256 e. The molecule has 2 aromatic heterocycles. The van der Waals surface area contributed by atoms with Gasteiger partial charge in [-0.25, -0.2) is 9.97 Å². The maximum absolute atomic E-state index is 13.3. The van der Waals surface area contributed by atoms with Crippen molar-refractivity contribution in [2.24, 2.45) is 0 Å². The highest BCUT2D eigenvalue weighted by molar-refractivity contribution is 6.05. The summed E-state index contributed by atoms with van der Waals surface area (Å²) in [6.07, 6.45) is 3.27. The maximum atomic E-state index is 13.3. The van der Waals surface area contributed by atoms with Crippen LogP contribution in [0.2, 0.25) is 0 Å². The molecule has 4 heterocycles. The Morgan fingerprint density at radius 1 is 1.09 bits per heavy atom. The van der Waals surface area contributed by atoms with Crippen molar-refractivity contribution in [3.05, 3.63) is 59.2 Å². The normalized spacial score (nSPS) is 18.0. The molecule has 2 aliphatic rings. The van der Waals surface area contributed by atoms with E-state index in [1.54, 1.807) is 13.1 Å². The van der Waals surface area contributed by atoms with Crippen LogP contribution in [0.5, 0.6) is 0 Å². The van der Waals surface area contributed by atoms with Crippen molar-refractivity contribution in [2.45, 2.75) is 32.2 Å². The Morgan fingerprint density at radius 3 is 2.75 bits per heavy atom. The molecule has 0 saturated carbocycles. The summed E-state index contributed by atoms with van der Waals surface area (Å²) in [5.41, 5.74) is 3.35. The molecule has 1 atom stereocenters. The van der Waals surface area contributed by atoms with Gasteiger partial charge in [-0.2, -0.15) is 0 Å². The molecule has 0 bridgehead atoms. The second-order valence-corrected chi connectivity index (χ2v) is 8.41. The Balaban J connectivity index is 1.40. The van der Waals surface area contributed by atoms with Crippen molar-refractivity contribution in [2.75, 3.05) is 32.0 Å². The van der Waals surface area contributed by atoms with Crippen molar-refractivity contribution >= 4 is 28.5 Å². The van der Waals surface area contributed by atoms with E-state index in [0.29, 0.717) is 31.7 Å². The number of aromatic nitrogens is 3. The highest BCUT2D eigenvalue weighted by Gasteiger charge is 2.32. The number of anilines is 1. The molecule has 0 spiro atoms. The minimum absolute atomic E-state index is 0.00800. The summed E-state index contributed by atoms with van der Waals surface area (Å²) in [5, 5.41) is 4.16. The van der Waals surface area contributed by atoms with E-state index in [1.165, 1.54) is 0 Å². The van der Waals surface area contributed by atoms with Gasteiger partial charge in [-0.3, -0.25) is 14.6 Å². The molecule has 1 saturated heterocycles. The number of rotatable bonds is 3. The Hall–Kier alpha value is -3.55. The summed E-state index contributed by atoms with van der Waals surface area (Å²) in [4.78, 5) is 42.9. The number of nitrogens with one attached hydrogen (secondary N) is 1. The zero-order valence-electron chi connectivity index (χ0n) is 18.3. The van der Waals surface area contributed by atoms with Gasteiger partial charge in [-0.1, -0.05) is 18.2 Å². The summed E-state index contributed by atoms with van der Waals surface area (Å²) >= 11 is 0. The first-order valence-electron chi connectivity index (χ1n) is 11.0. The molecule has 32 heavy (non-hydrogen) atoms. The number of para-hydroxylation sites is 1. The third-order valence-corrected chi connectivity index (χ3v) is 6.47. The standard InChI is InChI=1S/C24H26N6O2/c1-15(31)29-12-9-18-20(14-29)27-22(28-23(18)25-2)17-8-11-30(13-17)24(32)19-7-3-5-16-6-4-10-26-21(16)19/h3-7,10,17H,8-9,11-14H2,1-2H3,(H,25,27,28)/t17-/m0/s1. The molecule has 0 radical (unpaired) electrons. The molecule has 5 rings (SSSR count). The molecule has 1 aromatic carbocycles. The Morgan fingerprint density at radius 2 is 1.94 bits per heavy atom. The highest BCUT2D eigenvalue weighted by atomic mass is 16.2. The van der Waals surface area contributed by atoms with E-state index in [-0.39, 0.29) is 17.7 Å². The van der Waals surface area contributed by atoms with Gasteiger partial charge in [0, 0.05) is 56.7 Å². The monoisotopic (exact) mass is 430 g/mol. The average molecular weight is 431 g/mol. The molecule has 8 nitrogen and oxygen atoms in total. The average Bonchev–Trinajstić information content (AvgIpc) is 3.32. The number of hydrogen-bond donors (Lipinski definition) is 1. The molecular formula is C24H26N6O2. The minimum Gasteiger partial charge on any atom is -0.373 e. The summed E-state index contributed by atoms with van der Waals surface area (Å²) in [6.45, 7) is 4.01. The lowest BCUT2D eigenvalue weighted by molar-refractivity contribution is -0.129. The van der Waals surface area contributed by atoms with Crippen molar-refractivity contribution in [1.82, 2.24) is 24.8 Å². The molecule has 8 heteroatoms. The number of carbonyl (C=O) groups excluding carboxylic acids is 2. The van der Waals surface area contributed by atoms with E-state index < -0.39 is 0 Å². The predicted molar refractivity (Wildman–Crippen MR) is 121 cm³/mol. The molecular weight excluding hydrogens is 404 g/mol. The van der Waals surface area contributed by atoms with Gasteiger partial charge in [0.25, 0.3) is 5.91 Å². The quantitative estimate of drug-likeness (QED) is 0.687. The fraction of sp³-hybridized carbons (Fsp3) is 0.375. The summed E-state index contributed by atoms with van der Waals surface area (Å²) in [6, 6.07) is 9.56. The molecule has 0 aliphatic carbocycles. The van der Waals surface area contributed by atoms with Crippen LogP contribution in [0.3, 0.4) is 0 Å². The number of pyridine rings is 1. The third-order valence-electron chi connectivity index (χ3n) is 6.47. The molecule has 0 unspecified atom stereocenters. The van der Waals surface area contributed by atoms with Crippen molar-refractivity contribution in [3.63, 3.8) is 0 Å². The van der Waals surface area contributed by atoms with Crippen LogP contribution in [0.1, 0.15) is 46.7 Å². The van der Waals surface area contributed by atoms with Gasteiger partial charge in [0.1, 0.15) is 11.6 Å². The van der Waals surface area contributed by atoms with E-state index in [4.69, 9.17) is 9.97 Å². The van der Waals surface area contributed by atoms with Crippen LogP contribution in [0, 0.1) is 0 Å². The molecule has 2 aliphatic heterocycles. The second kappa shape index (κ2) is 8.18. The molecule has 3 aromatic rings. The number of amides is 2. The summed E-state index contributed by atoms with van der Waals surface area (Å²) in [7, 11) is 1.86. The second-order valence-electron chi connectivity index (χ2n) is 8.41. The van der Waals surface area contributed by atoms with Gasteiger partial charge in [-0.05, 0) is 25.0 Å². The van der Waals surface area contributed by atoms with Crippen LogP contribution in [-0.2, 0) is 17.8 Å². The van der Waals surface area contributed by atoms with E-state index in [1.807, 2.05) is 47.2 Å². The molecule has 1 fully saturated rings. The third kappa shape index (κ3) is 3.55. The van der Waals surface area contributed by atoms with Crippen molar-refractivity contribution in [3.8, 4) is 0 Å². The smallest absolute Gasteiger partial charge is 0.256 e. The van der Waals surface area contributed by atoms with Gasteiger partial charge in [0.2, 0.25) is 5.91 Å². The number of benzene rings is 1. The highest BCUT2D eigenvalue weighted by Crippen LogP contribution is 2.31.